The van der Waals surface area contributed by atoms with E-state index >= 15 is 0 Å². The molecule has 1 aliphatic heterocycles. The molecule has 1 aliphatic rings. The van der Waals surface area contributed by atoms with E-state index in [1.165, 1.54) is 58.8 Å². The van der Waals surface area contributed by atoms with Crippen molar-refractivity contribution in [3.8, 4) is 0 Å². The topological polar surface area (TPSA) is 189 Å². The predicted molar refractivity (Wildman–Crippen MR) is 143 cm³/mol. The first-order valence-corrected chi connectivity index (χ1v) is 14.4. The van der Waals surface area contributed by atoms with Gasteiger partial charge in [0.2, 0.25) is 11.8 Å². The van der Waals surface area contributed by atoms with Crippen molar-refractivity contribution < 1.29 is 49.7 Å². The van der Waals surface area contributed by atoms with E-state index < -0.39 is 74.0 Å². The maximum absolute atomic E-state index is 12.6. The number of carbonyl (C=O) groups excluding carboxylic acids is 2. The lowest BCUT2D eigenvalue weighted by molar-refractivity contribution is -0.304. The van der Waals surface area contributed by atoms with Crippen molar-refractivity contribution in [2.75, 3.05) is 26.3 Å². The average Bonchev–Trinajstić information content (AvgIpc) is 2.90. The molecule has 0 aromatic rings. The molecule has 0 aliphatic carbocycles. The number of nitrogens with one attached hydrogen (secondary N) is 1. The summed E-state index contributed by atoms with van der Waals surface area (Å²) in [5.74, 6) is -0.983. The van der Waals surface area contributed by atoms with E-state index in [0.717, 1.165) is 24.2 Å². The van der Waals surface area contributed by atoms with Crippen LogP contribution in [0.3, 0.4) is 0 Å². The third-order valence-corrected chi connectivity index (χ3v) is 7.14. The fourth-order valence-electron chi connectivity index (χ4n) is 4.61. The van der Waals surface area contributed by atoms with Crippen LogP contribution in [0.15, 0.2) is 0 Å². The summed E-state index contributed by atoms with van der Waals surface area (Å²) in [6.07, 6.45) is 1.27. The standard InChI is InChI=1S/C27H52N2O10/c1-4-5-6-7-8-9-10-11-12-13-14-28-22(33)15-29(19(3)32)20(23(34)18(2)31)17-38-27-26(37)25(36)24(35)21(16-30)39-27/h18,20-21,23-27,30-31,34-37H,4-17H2,1-3H3,(H,28,33)/t18-,20+,21?,23-,24+,25?,26?,27+/m1/s1. The molecule has 1 heterocycles. The first-order chi connectivity index (χ1) is 18.5. The van der Waals surface area contributed by atoms with Gasteiger partial charge in [-0.2, -0.15) is 0 Å². The molecule has 230 valence electrons. The second-order valence-electron chi connectivity index (χ2n) is 10.5. The molecule has 0 bridgehead atoms. The van der Waals surface area contributed by atoms with Crippen LogP contribution >= 0.6 is 0 Å². The molecule has 0 aromatic carbocycles. The van der Waals surface area contributed by atoms with Crippen LogP contribution in [0.4, 0.5) is 0 Å². The number of aliphatic hydroxyl groups excluding tert-OH is 6. The van der Waals surface area contributed by atoms with Gasteiger partial charge in [-0.25, -0.2) is 0 Å². The van der Waals surface area contributed by atoms with Gasteiger partial charge in [0.15, 0.2) is 6.29 Å². The number of unbranched alkanes of at least 4 members (excludes halogenated alkanes) is 9. The summed E-state index contributed by atoms with van der Waals surface area (Å²) in [6, 6.07) is -1.20. The highest BCUT2D eigenvalue weighted by Crippen LogP contribution is 2.23. The van der Waals surface area contributed by atoms with Gasteiger partial charge in [0.1, 0.15) is 30.5 Å². The third-order valence-electron chi connectivity index (χ3n) is 7.14. The minimum atomic E-state index is -1.68. The van der Waals surface area contributed by atoms with Crippen LogP contribution in [0.25, 0.3) is 0 Å². The molecule has 0 aromatic heterocycles. The van der Waals surface area contributed by atoms with E-state index in [4.69, 9.17) is 9.47 Å². The lowest BCUT2D eigenvalue weighted by Gasteiger charge is -2.41. The summed E-state index contributed by atoms with van der Waals surface area (Å²) in [4.78, 5) is 26.1. The molecular formula is C27H52N2O10. The van der Waals surface area contributed by atoms with E-state index in [1.807, 2.05) is 0 Å². The van der Waals surface area contributed by atoms with Gasteiger partial charge in [0, 0.05) is 13.5 Å². The molecular weight excluding hydrogens is 512 g/mol. The number of aliphatic hydroxyl groups is 6. The number of rotatable bonds is 20. The summed E-state index contributed by atoms with van der Waals surface area (Å²) in [5, 5.41) is 62.8. The van der Waals surface area contributed by atoms with Gasteiger partial charge in [-0.3, -0.25) is 9.59 Å². The first kappa shape index (κ1) is 35.6. The maximum Gasteiger partial charge on any atom is 0.239 e. The summed E-state index contributed by atoms with van der Waals surface area (Å²) < 4.78 is 10.8. The van der Waals surface area contributed by atoms with Crippen molar-refractivity contribution >= 4 is 11.8 Å². The van der Waals surface area contributed by atoms with Crippen LogP contribution in [0, 0.1) is 0 Å². The molecule has 2 amide bonds. The molecule has 12 heteroatoms. The molecule has 1 saturated heterocycles. The third kappa shape index (κ3) is 12.8. The lowest BCUT2D eigenvalue weighted by atomic mass is 9.99. The van der Waals surface area contributed by atoms with Crippen LogP contribution in [0.1, 0.15) is 85.0 Å². The highest BCUT2D eigenvalue weighted by Gasteiger charge is 2.45. The van der Waals surface area contributed by atoms with Gasteiger partial charge < -0.3 is 50.3 Å². The summed E-state index contributed by atoms with van der Waals surface area (Å²) in [5.41, 5.74) is 0. The van der Waals surface area contributed by atoms with Gasteiger partial charge in [-0.05, 0) is 13.3 Å². The molecule has 39 heavy (non-hydrogen) atoms. The van der Waals surface area contributed by atoms with Crippen molar-refractivity contribution in [3.63, 3.8) is 0 Å². The van der Waals surface area contributed by atoms with Crippen LogP contribution in [-0.4, -0.2) is 123 Å². The summed E-state index contributed by atoms with van der Waals surface area (Å²) in [6.45, 7) is 3.67. The minimum absolute atomic E-state index is 0.389. The molecule has 1 fully saturated rings. The number of carbonyl (C=O) groups is 2. The Morgan fingerprint density at radius 1 is 0.923 bits per heavy atom. The number of ether oxygens (including phenoxy) is 2. The number of nitrogens with zero attached hydrogens (tertiary/aromatic N) is 1. The van der Waals surface area contributed by atoms with Crippen LogP contribution in [0.2, 0.25) is 0 Å². The Morgan fingerprint density at radius 2 is 1.49 bits per heavy atom. The monoisotopic (exact) mass is 564 g/mol. The highest BCUT2D eigenvalue weighted by molar-refractivity contribution is 5.84. The zero-order chi connectivity index (χ0) is 29.4. The van der Waals surface area contributed by atoms with E-state index in [9.17, 15) is 40.2 Å². The molecule has 3 unspecified atom stereocenters. The van der Waals surface area contributed by atoms with Gasteiger partial charge in [0.25, 0.3) is 0 Å². The fraction of sp³-hybridized carbons (Fsp3) is 0.926. The van der Waals surface area contributed by atoms with Crippen LogP contribution < -0.4 is 5.32 Å². The SMILES string of the molecule is CCCCCCCCCCCCNC(=O)CN(C(C)=O)[C@@H](CO[C@H]1OC(CO)[C@H](O)C(O)C1O)[C@H](O)[C@@H](C)O. The normalized spacial score (nSPS) is 25.6. The highest BCUT2D eigenvalue weighted by atomic mass is 16.7. The molecule has 12 nitrogen and oxygen atoms in total. The molecule has 0 saturated carbocycles. The molecule has 1 rings (SSSR count). The number of hydrogen-bond donors (Lipinski definition) is 7. The number of hydrogen-bond acceptors (Lipinski definition) is 10. The Morgan fingerprint density at radius 3 is 2.00 bits per heavy atom. The van der Waals surface area contributed by atoms with E-state index in [0.29, 0.717) is 6.54 Å². The van der Waals surface area contributed by atoms with Crippen molar-refractivity contribution in [2.45, 2.75) is 134 Å². The average molecular weight is 565 g/mol. The van der Waals surface area contributed by atoms with Gasteiger partial charge in [-0.15, -0.1) is 0 Å². The Labute approximate surface area is 232 Å². The Balaban J connectivity index is 2.59. The molecule has 0 spiro atoms. The zero-order valence-corrected chi connectivity index (χ0v) is 23.8. The van der Waals surface area contributed by atoms with E-state index in [2.05, 4.69) is 12.2 Å². The molecule has 7 N–H and O–H groups in total. The van der Waals surface area contributed by atoms with Crippen molar-refractivity contribution in [3.05, 3.63) is 0 Å². The summed E-state index contributed by atoms with van der Waals surface area (Å²) in [7, 11) is 0. The Kier molecular flexibility index (Phi) is 18.0. The largest absolute Gasteiger partial charge is 0.394 e. The fourth-order valence-corrected chi connectivity index (χ4v) is 4.61. The van der Waals surface area contributed by atoms with Crippen molar-refractivity contribution in [1.29, 1.82) is 0 Å². The smallest absolute Gasteiger partial charge is 0.239 e. The van der Waals surface area contributed by atoms with Crippen LogP contribution in [-0.2, 0) is 19.1 Å². The van der Waals surface area contributed by atoms with Gasteiger partial charge in [0.05, 0.1) is 31.9 Å². The van der Waals surface area contributed by atoms with E-state index in [1.54, 1.807) is 0 Å². The number of amides is 2. The first-order valence-electron chi connectivity index (χ1n) is 14.4. The minimum Gasteiger partial charge on any atom is -0.394 e. The second kappa shape index (κ2) is 19.7. The van der Waals surface area contributed by atoms with E-state index in [-0.39, 0.29) is 6.54 Å². The van der Waals surface area contributed by atoms with Gasteiger partial charge in [-0.1, -0.05) is 64.7 Å². The molecule has 0 radical (unpaired) electrons. The van der Waals surface area contributed by atoms with Crippen molar-refractivity contribution in [1.82, 2.24) is 10.2 Å². The quantitative estimate of drug-likeness (QED) is 0.0975. The van der Waals surface area contributed by atoms with Gasteiger partial charge >= 0.3 is 0 Å². The maximum atomic E-state index is 12.6. The summed E-state index contributed by atoms with van der Waals surface area (Å²) >= 11 is 0. The Bertz CT molecular complexity index is 681. The van der Waals surface area contributed by atoms with Crippen LogP contribution in [0.5, 0.6) is 0 Å². The molecule has 8 atom stereocenters. The van der Waals surface area contributed by atoms with Crippen molar-refractivity contribution in [2.24, 2.45) is 0 Å². The Hall–Kier alpha value is -1.38. The second-order valence-corrected chi connectivity index (χ2v) is 10.5. The predicted octanol–water partition coefficient (Wildman–Crippen LogP) is -0.201. The zero-order valence-electron chi connectivity index (χ0n) is 23.8. The lowest BCUT2D eigenvalue weighted by Crippen LogP contribution is -2.60.